The van der Waals surface area contributed by atoms with Crippen molar-refractivity contribution in [3.63, 3.8) is 0 Å². The quantitative estimate of drug-likeness (QED) is 0.315. The van der Waals surface area contributed by atoms with Crippen LogP contribution in [0.5, 0.6) is 5.75 Å². The second-order valence-electron chi connectivity index (χ2n) is 10.1. The third kappa shape index (κ3) is 6.72. The van der Waals surface area contributed by atoms with E-state index in [1.54, 1.807) is 12.1 Å². The molecule has 3 aromatic rings. The van der Waals surface area contributed by atoms with E-state index < -0.39 is 35.9 Å². The molecule has 0 bridgehead atoms. The first-order valence-corrected chi connectivity index (χ1v) is 13.8. The number of ketones is 1. The average Bonchev–Trinajstić information content (AvgIpc) is 3.72. The maximum Gasteiger partial charge on any atom is 0.412 e. The predicted molar refractivity (Wildman–Crippen MR) is 151 cm³/mol. The zero-order valence-corrected chi connectivity index (χ0v) is 23.7. The van der Waals surface area contributed by atoms with Crippen LogP contribution in [0.2, 0.25) is 5.02 Å². The van der Waals surface area contributed by atoms with Gasteiger partial charge >= 0.3 is 6.09 Å². The lowest BCUT2D eigenvalue weighted by Crippen LogP contribution is -2.46. The molecular weight excluding hydrogens is 588 g/mol. The monoisotopic (exact) mass is 615 g/mol. The van der Waals surface area contributed by atoms with Gasteiger partial charge in [0.2, 0.25) is 11.8 Å². The molecular formula is C29H28ClF2N5O6. The molecule has 2 aromatic carbocycles. The van der Waals surface area contributed by atoms with Crippen LogP contribution < -0.4 is 20.7 Å². The third-order valence-corrected chi connectivity index (χ3v) is 7.43. The minimum atomic E-state index is -1.42. The summed E-state index contributed by atoms with van der Waals surface area (Å²) in [6, 6.07) is 7.91. The third-order valence-electron chi connectivity index (χ3n) is 7.14. The molecule has 2 aliphatic heterocycles. The summed E-state index contributed by atoms with van der Waals surface area (Å²) in [4.78, 5) is 52.1. The summed E-state index contributed by atoms with van der Waals surface area (Å²) in [5, 5.41) is 8.42. The van der Waals surface area contributed by atoms with Gasteiger partial charge in [-0.2, -0.15) is 0 Å². The van der Waals surface area contributed by atoms with Gasteiger partial charge in [-0.1, -0.05) is 23.7 Å². The van der Waals surface area contributed by atoms with Crippen LogP contribution in [-0.4, -0.2) is 65.2 Å². The number of alkyl halides is 1. The van der Waals surface area contributed by atoms with Crippen molar-refractivity contribution in [3.8, 4) is 5.75 Å². The number of rotatable bonds is 9. The molecule has 3 amide bonds. The van der Waals surface area contributed by atoms with Gasteiger partial charge in [0.15, 0.2) is 12.5 Å². The van der Waals surface area contributed by atoms with E-state index in [2.05, 4.69) is 16.0 Å². The molecule has 2 aliphatic rings. The van der Waals surface area contributed by atoms with E-state index in [0.29, 0.717) is 23.3 Å². The summed E-state index contributed by atoms with van der Waals surface area (Å²) < 4.78 is 40.6. The van der Waals surface area contributed by atoms with Gasteiger partial charge in [-0.15, -0.1) is 0 Å². The normalized spacial score (nSPS) is 17.7. The molecule has 5 rings (SSSR count). The Balaban J connectivity index is 1.28. The topological polar surface area (TPSA) is 131 Å². The molecule has 0 aliphatic carbocycles. The number of fused-ring (bicyclic) bond motifs is 1. The smallest absolute Gasteiger partial charge is 0.412 e. The first kappa shape index (κ1) is 29.8. The lowest BCUT2D eigenvalue weighted by Gasteiger charge is -2.24. The van der Waals surface area contributed by atoms with E-state index in [9.17, 15) is 28.0 Å². The van der Waals surface area contributed by atoms with Crippen LogP contribution in [0.25, 0.3) is 10.9 Å². The number of carbonyl (C=O) groups excluding carboxylic acids is 4. The van der Waals surface area contributed by atoms with Gasteiger partial charge < -0.3 is 34.9 Å². The number of nitrogens with one attached hydrogen (secondary N) is 3. The molecule has 3 N–H and O–H groups in total. The van der Waals surface area contributed by atoms with Crippen molar-refractivity contribution in [2.45, 2.75) is 38.6 Å². The Morgan fingerprint density at radius 3 is 2.72 bits per heavy atom. The largest absolute Gasteiger partial charge is 0.479 e. The summed E-state index contributed by atoms with van der Waals surface area (Å²) in [7, 11) is 0. The summed E-state index contributed by atoms with van der Waals surface area (Å²) >= 11 is 5.80. The van der Waals surface area contributed by atoms with Crippen molar-refractivity contribution in [2.24, 2.45) is 0 Å². The van der Waals surface area contributed by atoms with Gasteiger partial charge in [0, 0.05) is 41.2 Å². The number of aromatic nitrogens is 1. The summed E-state index contributed by atoms with van der Waals surface area (Å²) in [6.45, 7) is 1.10. The molecule has 2 atom stereocenters. The highest BCUT2D eigenvalue weighted by Crippen LogP contribution is 2.28. The predicted octanol–water partition coefficient (Wildman–Crippen LogP) is 3.40. The van der Waals surface area contributed by atoms with Gasteiger partial charge in [0.05, 0.1) is 23.8 Å². The summed E-state index contributed by atoms with van der Waals surface area (Å²) in [5.74, 6) is -1.94. The SMILES string of the molecule is CC(=O)c1cn(CC(=O)N2C[C@H](F)C[C@H]2C(=O)NCc2cccc(Cl)c2F)c2ccc(OC(=O)NCC3=COCN3)cc12. The molecule has 11 nitrogen and oxygen atoms in total. The molecule has 14 heteroatoms. The summed E-state index contributed by atoms with van der Waals surface area (Å²) in [5.41, 5.74) is 1.62. The number of ether oxygens (including phenoxy) is 2. The molecule has 0 unspecified atom stereocenters. The minimum Gasteiger partial charge on any atom is -0.479 e. The Hall–Kier alpha value is -4.65. The molecule has 1 saturated heterocycles. The number of benzene rings is 2. The number of likely N-dealkylation sites (tertiary alicyclic amines) is 1. The second-order valence-corrected chi connectivity index (χ2v) is 10.5. The van der Waals surface area contributed by atoms with Gasteiger partial charge in [-0.3, -0.25) is 14.4 Å². The van der Waals surface area contributed by atoms with Crippen LogP contribution in [0.3, 0.4) is 0 Å². The zero-order chi connectivity index (χ0) is 30.7. The van der Waals surface area contributed by atoms with Crippen molar-refractivity contribution < 1.29 is 37.4 Å². The van der Waals surface area contributed by atoms with Gasteiger partial charge in [-0.25, -0.2) is 13.6 Å². The molecule has 43 heavy (non-hydrogen) atoms. The molecule has 1 aromatic heterocycles. The minimum absolute atomic E-state index is 0.0932. The Morgan fingerprint density at radius 1 is 1.16 bits per heavy atom. The highest BCUT2D eigenvalue weighted by atomic mass is 35.5. The van der Waals surface area contributed by atoms with E-state index in [1.807, 2.05) is 0 Å². The van der Waals surface area contributed by atoms with Crippen LogP contribution in [-0.2, 0) is 27.4 Å². The number of halogens is 3. The Labute approximate surface area is 249 Å². The van der Waals surface area contributed by atoms with E-state index in [4.69, 9.17) is 21.1 Å². The molecule has 0 spiro atoms. The first-order valence-electron chi connectivity index (χ1n) is 13.4. The maximum atomic E-state index is 14.5. The van der Waals surface area contributed by atoms with Gasteiger partial charge in [0.1, 0.15) is 36.6 Å². The lowest BCUT2D eigenvalue weighted by atomic mass is 10.1. The van der Waals surface area contributed by atoms with Crippen LogP contribution in [0.4, 0.5) is 13.6 Å². The number of hydrogen-bond donors (Lipinski definition) is 3. The Morgan fingerprint density at radius 2 is 1.98 bits per heavy atom. The van der Waals surface area contributed by atoms with Crippen molar-refractivity contribution in [3.05, 3.63) is 76.5 Å². The fraction of sp³-hybridized carbons (Fsp3) is 0.310. The molecule has 0 saturated carbocycles. The van der Waals surface area contributed by atoms with Gasteiger partial charge in [-0.05, 0) is 31.2 Å². The van der Waals surface area contributed by atoms with Crippen LogP contribution in [0, 0.1) is 5.82 Å². The zero-order valence-electron chi connectivity index (χ0n) is 23.0. The lowest BCUT2D eigenvalue weighted by molar-refractivity contribution is -0.139. The van der Waals surface area contributed by atoms with E-state index in [0.717, 1.165) is 4.90 Å². The first-order chi connectivity index (χ1) is 20.6. The number of carbonyl (C=O) groups is 4. The van der Waals surface area contributed by atoms with Crippen LogP contribution in [0.1, 0.15) is 29.3 Å². The highest BCUT2D eigenvalue weighted by molar-refractivity contribution is 6.30. The molecule has 3 heterocycles. The number of amides is 3. The second kappa shape index (κ2) is 12.7. The van der Waals surface area contributed by atoms with E-state index in [1.165, 1.54) is 48.2 Å². The van der Waals surface area contributed by atoms with Crippen molar-refractivity contribution in [1.82, 2.24) is 25.4 Å². The van der Waals surface area contributed by atoms with Crippen molar-refractivity contribution in [2.75, 3.05) is 19.8 Å². The fourth-order valence-electron chi connectivity index (χ4n) is 5.01. The average molecular weight is 616 g/mol. The van der Waals surface area contributed by atoms with Crippen molar-refractivity contribution >= 4 is 46.2 Å². The van der Waals surface area contributed by atoms with E-state index >= 15 is 0 Å². The number of Topliss-reactive ketones (excluding diaryl/α,β-unsaturated/α-hetero) is 1. The number of nitrogens with zero attached hydrogens (tertiary/aromatic N) is 2. The van der Waals surface area contributed by atoms with Gasteiger partial charge in [0.25, 0.3) is 0 Å². The molecule has 0 radical (unpaired) electrons. The van der Waals surface area contributed by atoms with Crippen molar-refractivity contribution in [1.29, 1.82) is 0 Å². The highest BCUT2D eigenvalue weighted by Gasteiger charge is 2.39. The van der Waals surface area contributed by atoms with Crippen LogP contribution in [0.15, 0.2) is 54.6 Å². The van der Waals surface area contributed by atoms with E-state index in [-0.39, 0.29) is 60.3 Å². The fourth-order valence-corrected chi connectivity index (χ4v) is 5.21. The van der Waals surface area contributed by atoms with Crippen LogP contribution >= 0.6 is 11.6 Å². The standard InChI is InChI=1S/C29H28ClF2N5O6/c1-16(38)22-12-36(24-6-5-20(8-21(22)24)43-29(41)34-10-19-14-42-15-35-19)13-26(39)37-11-18(31)7-25(37)28(40)33-9-17-3-2-4-23(30)27(17)32/h2-6,8,12,14,18,25,35H,7,9-11,13,15H2,1H3,(H,33,40)(H,34,41)/t18-,25+/m1/s1. The maximum absolute atomic E-state index is 14.5. The molecule has 1 fully saturated rings. The Bertz CT molecular complexity index is 1630. The molecule has 226 valence electrons. The number of hydrogen-bond acceptors (Lipinski definition) is 7. The summed E-state index contributed by atoms with van der Waals surface area (Å²) in [6.07, 6.45) is 0.639. The Kier molecular flexibility index (Phi) is 8.81.